The molecule has 3 aromatic rings. The maximum Gasteiger partial charge on any atom is 0.268 e. The Bertz CT molecular complexity index is 1260. The fourth-order valence-electron chi connectivity index (χ4n) is 4.00. The quantitative estimate of drug-likeness (QED) is 0.671. The highest BCUT2D eigenvalue weighted by molar-refractivity contribution is 6.05. The summed E-state index contributed by atoms with van der Waals surface area (Å²) < 4.78 is 15.7. The van der Waals surface area contributed by atoms with E-state index in [1.54, 1.807) is 19.2 Å². The lowest BCUT2D eigenvalue weighted by molar-refractivity contribution is -0.114. The van der Waals surface area contributed by atoms with Crippen molar-refractivity contribution in [3.63, 3.8) is 0 Å². The van der Waals surface area contributed by atoms with Crippen molar-refractivity contribution in [3.8, 4) is 5.69 Å². The number of hydrogen-bond donors (Lipinski definition) is 2. The lowest BCUT2D eigenvalue weighted by atomic mass is 10.1. The lowest BCUT2D eigenvalue weighted by Crippen LogP contribution is -2.29. The zero-order valence-corrected chi connectivity index (χ0v) is 17.3. The van der Waals surface area contributed by atoms with Crippen LogP contribution in [0.3, 0.4) is 0 Å². The SMILES string of the molecule is CC(=O)Nc1ccc(NC(=O)c2c(C)ccn(-c3cccc4c3CCC4)c2=O)cc1F. The van der Waals surface area contributed by atoms with Crippen molar-refractivity contribution in [1.82, 2.24) is 4.57 Å². The molecule has 6 nitrogen and oxygen atoms in total. The monoisotopic (exact) mass is 419 g/mol. The van der Waals surface area contributed by atoms with Crippen LogP contribution in [0.4, 0.5) is 15.8 Å². The second-order valence-electron chi connectivity index (χ2n) is 7.65. The Morgan fingerprint density at radius 1 is 1.06 bits per heavy atom. The van der Waals surface area contributed by atoms with E-state index in [0.29, 0.717) is 5.56 Å². The van der Waals surface area contributed by atoms with Crippen molar-refractivity contribution in [2.24, 2.45) is 0 Å². The Kier molecular flexibility index (Phi) is 5.42. The first-order valence-electron chi connectivity index (χ1n) is 10.1. The molecule has 0 aliphatic heterocycles. The van der Waals surface area contributed by atoms with Gasteiger partial charge in [0, 0.05) is 18.8 Å². The lowest BCUT2D eigenvalue weighted by Gasteiger charge is -2.14. The summed E-state index contributed by atoms with van der Waals surface area (Å²) in [6.07, 6.45) is 4.61. The molecule has 0 unspecified atom stereocenters. The van der Waals surface area contributed by atoms with Gasteiger partial charge in [0.2, 0.25) is 5.91 Å². The number of nitrogens with zero attached hydrogens (tertiary/aromatic N) is 1. The highest BCUT2D eigenvalue weighted by Crippen LogP contribution is 2.27. The van der Waals surface area contributed by atoms with E-state index in [1.807, 2.05) is 12.1 Å². The molecule has 0 radical (unpaired) electrons. The molecule has 2 N–H and O–H groups in total. The predicted octanol–water partition coefficient (Wildman–Crippen LogP) is 3.98. The molecule has 0 saturated heterocycles. The first-order valence-corrected chi connectivity index (χ1v) is 10.1. The Morgan fingerprint density at radius 3 is 2.61 bits per heavy atom. The molecule has 0 bridgehead atoms. The molecule has 0 saturated carbocycles. The van der Waals surface area contributed by atoms with Crippen molar-refractivity contribution in [2.45, 2.75) is 33.1 Å². The number of benzene rings is 2. The number of hydrogen-bond acceptors (Lipinski definition) is 3. The van der Waals surface area contributed by atoms with Gasteiger partial charge < -0.3 is 10.6 Å². The van der Waals surface area contributed by atoms with Gasteiger partial charge in [-0.2, -0.15) is 0 Å². The number of carbonyl (C=O) groups excluding carboxylic acids is 2. The smallest absolute Gasteiger partial charge is 0.268 e. The fraction of sp³-hybridized carbons (Fsp3) is 0.208. The van der Waals surface area contributed by atoms with Crippen LogP contribution in [0.2, 0.25) is 0 Å². The molecule has 1 heterocycles. The summed E-state index contributed by atoms with van der Waals surface area (Å²) in [5.41, 5.74) is 3.47. The Hall–Kier alpha value is -3.74. The van der Waals surface area contributed by atoms with Crippen LogP contribution in [-0.4, -0.2) is 16.4 Å². The number of halogens is 1. The summed E-state index contributed by atoms with van der Waals surface area (Å²) in [6, 6.07) is 11.5. The third kappa shape index (κ3) is 3.99. The molecule has 1 aromatic heterocycles. The Morgan fingerprint density at radius 2 is 1.87 bits per heavy atom. The van der Waals surface area contributed by atoms with E-state index >= 15 is 0 Å². The highest BCUT2D eigenvalue weighted by atomic mass is 19.1. The van der Waals surface area contributed by atoms with Gasteiger partial charge in [-0.3, -0.25) is 19.0 Å². The average Bonchev–Trinajstić information content (AvgIpc) is 3.19. The van der Waals surface area contributed by atoms with Gasteiger partial charge in [0.15, 0.2) is 0 Å². The number of carbonyl (C=O) groups is 2. The summed E-state index contributed by atoms with van der Waals surface area (Å²) in [4.78, 5) is 37.3. The minimum absolute atomic E-state index is 0.00412. The molecular formula is C24H22FN3O3. The van der Waals surface area contributed by atoms with E-state index in [0.717, 1.165) is 36.6 Å². The zero-order valence-electron chi connectivity index (χ0n) is 17.3. The molecule has 1 aliphatic carbocycles. The molecule has 0 fully saturated rings. The average molecular weight is 419 g/mol. The maximum absolute atomic E-state index is 14.2. The summed E-state index contributed by atoms with van der Waals surface area (Å²) in [5, 5.41) is 4.96. The van der Waals surface area contributed by atoms with Gasteiger partial charge in [0.1, 0.15) is 11.4 Å². The van der Waals surface area contributed by atoms with Crippen LogP contribution >= 0.6 is 0 Å². The predicted molar refractivity (Wildman–Crippen MR) is 117 cm³/mol. The third-order valence-corrected chi connectivity index (χ3v) is 5.45. The van der Waals surface area contributed by atoms with E-state index in [1.165, 1.54) is 29.2 Å². The van der Waals surface area contributed by atoms with Crippen molar-refractivity contribution in [3.05, 3.63) is 87.1 Å². The van der Waals surface area contributed by atoms with E-state index < -0.39 is 23.2 Å². The molecule has 31 heavy (non-hydrogen) atoms. The summed E-state index contributed by atoms with van der Waals surface area (Å²) in [5.74, 6) is -1.70. The molecule has 7 heteroatoms. The maximum atomic E-state index is 14.2. The largest absolute Gasteiger partial charge is 0.324 e. The van der Waals surface area contributed by atoms with Gasteiger partial charge >= 0.3 is 0 Å². The Balaban J connectivity index is 1.68. The molecule has 2 amide bonds. The van der Waals surface area contributed by atoms with Gasteiger partial charge in [-0.25, -0.2) is 4.39 Å². The fourth-order valence-corrected chi connectivity index (χ4v) is 4.00. The van der Waals surface area contributed by atoms with Crippen molar-refractivity contribution >= 4 is 23.2 Å². The standard InChI is InChI=1S/C24H22FN3O3/c1-14-11-12-28(21-8-4-6-16-5-3-7-18(16)21)24(31)22(14)23(30)27-17-9-10-20(19(25)13-17)26-15(2)29/h4,6,8-13H,3,5,7H2,1-2H3,(H,26,29)(H,27,30). The van der Waals surface area contributed by atoms with Gasteiger partial charge in [0.25, 0.3) is 11.5 Å². The number of fused-ring (bicyclic) bond motifs is 1. The van der Waals surface area contributed by atoms with Crippen LogP contribution in [0.1, 0.15) is 40.4 Å². The number of rotatable bonds is 4. The van der Waals surface area contributed by atoms with Crippen molar-refractivity contribution in [2.75, 3.05) is 10.6 Å². The second kappa shape index (κ2) is 8.18. The van der Waals surface area contributed by atoms with Crippen molar-refractivity contribution < 1.29 is 14.0 Å². The first kappa shape index (κ1) is 20.5. The number of aromatic nitrogens is 1. The Labute approximate surface area is 178 Å². The van der Waals surface area contributed by atoms with Crippen LogP contribution in [0.15, 0.2) is 53.5 Å². The van der Waals surface area contributed by atoms with Crippen LogP contribution in [0.25, 0.3) is 5.69 Å². The highest BCUT2D eigenvalue weighted by Gasteiger charge is 2.20. The number of anilines is 2. The first-order chi connectivity index (χ1) is 14.8. The minimum atomic E-state index is -0.685. The van der Waals surface area contributed by atoms with Gasteiger partial charge in [-0.05, 0) is 73.2 Å². The summed E-state index contributed by atoms with van der Waals surface area (Å²) in [7, 11) is 0. The minimum Gasteiger partial charge on any atom is -0.324 e. The molecule has 2 aromatic carbocycles. The third-order valence-electron chi connectivity index (χ3n) is 5.45. The molecule has 0 atom stereocenters. The topological polar surface area (TPSA) is 80.2 Å². The number of aryl methyl sites for hydroxylation is 2. The molecule has 1 aliphatic rings. The summed E-state index contributed by atoms with van der Waals surface area (Å²) in [6.45, 7) is 2.97. The van der Waals surface area contributed by atoms with E-state index in [-0.39, 0.29) is 16.9 Å². The number of nitrogens with one attached hydrogen (secondary N) is 2. The van der Waals surface area contributed by atoms with Crippen molar-refractivity contribution in [1.29, 1.82) is 0 Å². The molecular weight excluding hydrogens is 397 g/mol. The van der Waals surface area contributed by atoms with E-state index in [9.17, 15) is 18.8 Å². The van der Waals surface area contributed by atoms with Crippen LogP contribution in [0, 0.1) is 12.7 Å². The van der Waals surface area contributed by atoms with Crippen LogP contribution in [-0.2, 0) is 17.6 Å². The summed E-state index contributed by atoms with van der Waals surface area (Å²) >= 11 is 0. The van der Waals surface area contributed by atoms with Crippen LogP contribution < -0.4 is 16.2 Å². The number of amides is 2. The second-order valence-corrected chi connectivity index (χ2v) is 7.65. The van der Waals surface area contributed by atoms with Gasteiger partial charge in [0.05, 0.1) is 11.4 Å². The molecule has 4 rings (SSSR count). The normalized spacial score (nSPS) is 12.4. The molecule has 158 valence electrons. The van der Waals surface area contributed by atoms with Gasteiger partial charge in [-0.15, -0.1) is 0 Å². The zero-order chi connectivity index (χ0) is 22.1. The van der Waals surface area contributed by atoms with E-state index in [4.69, 9.17) is 0 Å². The van der Waals surface area contributed by atoms with Gasteiger partial charge in [-0.1, -0.05) is 12.1 Å². The molecule has 0 spiro atoms. The van der Waals surface area contributed by atoms with Crippen LogP contribution in [0.5, 0.6) is 0 Å². The van der Waals surface area contributed by atoms with E-state index in [2.05, 4.69) is 16.7 Å². The number of pyridine rings is 1.